The van der Waals surface area contributed by atoms with Gasteiger partial charge in [0.1, 0.15) is 0 Å². The van der Waals surface area contributed by atoms with Gasteiger partial charge in [-0.3, -0.25) is 9.69 Å². The Labute approximate surface area is 167 Å². The van der Waals surface area contributed by atoms with E-state index in [9.17, 15) is 9.59 Å². The number of carbonyl (C=O) groups is 2. The van der Waals surface area contributed by atoms with Crippen LogP contribution in [0.2, 0.25) is 0 Å². The predicted octanol–water partition coefficient (Wildman–Crippen LogP) is 2.00. The van der Waals surface area contributed by atoms with Crippen LogP contribution in [-0.4, -0.2) is 73.7 Å². The van der Waals surface area contributed by atoms with Gasteiger partial charge in [0.25, 0.3) is 0 Å². The van der Waals surface area contributed by atoms with Gasteiger partial charge in [-0.1, -0.05) is 25.1 Å². The number of para-hydroxylation sites is 1. The van der Waals surface area contributed by atoms with E-state index in [0.717, 1.165) is 42.7 Å². The van der Waals surface area contributed by atoms with Crippen LogP contribution in [0.1, 0.15) is 30.9 Å². The molecular weight excluding hydrogens is 356 g/mol. The van der Waals surface area contributed by atoms with Crippen molar-refractivity contribution in [3.63, 3.8) is 0 Å². The van der Waals surface area contributed by atoms with Crippen LogP contribution < -0.4 is 10.6 Å². The number of benzene rings is 1. The van der Waals surface area contributed by atoms with Crippen molar-refractivity contribution < 1.29 is 14.3 Å². The van der Waals surface area contributed by atoms with E-state index >= 15 is 0 Å². The van der Waals surface area contributed by atoms with E-state index in [1.54, 1.807) is 19.0 Å². The monoisotopic (exact) mass is 388 g/mol. The number of anilines is 1. The van der Waals surface area contributed by atoms with Gasteiger partial charge in [0, 0.05) is 45.0 Å². The first-order valence-corrected chi connectivity index (χ1v) is 10.1. The van der Waals surface area contributed by atoms with Crippen molar-refractivity contribution in [1.29, 1.82) is 0 Å². The smallest absolute Gasteiger partial charge is 0.319 e. The molecule has 0 radical (unpaired) electrons. The fourth-order valence-electron chi connectivity index (χ4n) is 4.09. The Morgan fingerprint density at radius 2 is 2.07 bits per heavy atom. The normalized spacial score (nSPS) is 24.5. The number of nitrogens with zero attached hydrogens (tertiary/aromatic N) is 2. The number of hydrogen-bond acceptors (Lipinski definition) is 4. The van der Waals surface area contributed by atoms with Crippen molar-refractivity contribution >= 4 is 17.6 Å². The Bertz CT molecular complexity index is 722. The summed E-state index contributed by atoms with van der Waals surface area (Å²) in [6.07, 6.45) is 2.08. The van der Waals surface area contributed by atoms with Crippen LogP contribution in [-0.2, 0) is 16.0 Å². The average molecular weight is 389 g/mol. The van der Waals surface area contributed by atoms with Gasteiger partial charge in [0.15, 0.2) is 0 Å². The summed E-state index contributed by atoms with van der Waals surface area (Å²) < 4.78 is 5.89. The van der Waals surface area contributed by atoms with Crippen molar-refractivity contribution in [2.75, 3.05) is 39.1 Å². The molecule has 2 fully saturated rings. The molecule has 1 aromatic carbocycles. The summed E-state index contributed by atoms with van der Waals surface area (Å²) in [5, 5.41) is 6.15. The van der Waals surface area contributed by atoms with Gasteiger partial charge >= 0.3 is 6.03 Å². The summed E-state index contributed by atoms with van der Waals surface area (Å²) in [4.78, 5) is 28.4. The molecule has 3 amide bonds. The third-order valence-electron chi connectivity index (χ3n) is 5.71. The van der Waals surface area contributed by atoms with Crippen LogP contribution in [0.5, 0.6) is 0 Å². The molecule has 7 nitrogen and oxygen atoms in total. The van der Waals surface area contributed by atoms with Crippen molar-refractivity contribution in [3.8, 4) is 0 Å². The van der Waals surface area contributed by atoms with Crippen molar-refractivity contribution in [2.45, 2.75) is 51.3 Å². The Hall–Kier alpha value is -2.12. The van der Waals surface area contributed by atoms with Crippen LogP contribution in [0, 0.1) is 6.92 Å². The van der Waals surface area contributed by atoms with E-state index in [2.05, 4.69) is 22.5 Å². The van der Waals surface area contributed by atoms with E-state index in [0.29, 0.717) is 19.1 Å². The fourth-order valence-corrected chi connectivity index (χ4v) is 4.09. The second-order valence-corrected chi connectivity index (χ2v) is 8.05. The lowest BCUT2D eigenvalue weighted by Crippen LogP contribution is -2.47. The SMILES string of the molecule is CCc1cccc(C)c1NC(=O)N[C@@H]1C[C@H]2CO[C@@H](CC(=O)N(C)C)CN2C1. The molecular formula is C21H32N4O3. The number of carbonyl (C=O) groups excluding carboxylic acids is 2. The van der Waals surface area contributed by atoms with Gasteiger partial charge in [-0.25, -0.2) is 4.79 Å². The molecule has 2 aliphatic heterocycles. The molecule has 2 N–H and O–H groups in total. The molecule has 28 heavy (non-hydrogen) atoms. The molecule has 3 atom stereocenters. The minimum Gasteiger partial charge on any atom is -0.375 e. The van der Waals surface area contributed by atoms with Crippen LogP contribution in [0.15, 0.2) is 18.2 Å². The Morgan fingerprint density at radius 1 is 1.29 bits per heavy atom. The summed E-state index contributed by atoms with van der Waals surface area (Å²) in [7, 11) is 3.53. The summed E-state index contributed by atoms with van der Waals surface area (Å²) in [5.41, 5.74) is 3.12. The van der Waals surface area contributed by atoms with Gasteiger partial charge < -0.3 is 20.3 Å². The highest BCUT2D eigenvalue weighted by molar-refractivity contribution is 5.91. The zero-order chi connectivity index (χ0) is 20.3. The molecule has 0 aliphatic carbocycles. The van der Waals surface area contributed by atoms with Gasteiger partial charge in [-0.15, -0.1) is 0 Å². The number of amides is 3. The second kappa shape index (κ2) is 8.92. The van der Waals surface area contributed by atoms with E-state index in [1.165, 1.54) is 0 Å². The topological polar surface area (TPSA) is 73.9 Å². The molecule has 2 heterocycles. The number of ether oxygens (including phenoxy) is 1. The summed E-state index contributed by atoms with van der Waals surface area (Å²) in [5.74, 6) is 0.0849. The maximum Gasteiger partial charge on any atom is 0.319 e. The third kappa shape index (κ3) is 4.83. The molecule has 0 spiro atoms. The number of fused-ring (bicyclic) bond motifs is 1. The molecule has 1 aromatic rings. The number of hydrogen-bond donors (Lipinski definition) is 2. The molecule has 3 rings (SSSR count). The third-order valence-corrected chi connectivity index (χ3v) is 5.71. The maximum absolute atomic E-state index is 12.6. The standard InChI is InChI=1S/C21H32N4O3/c1-5-15-8-6-7-14(2)20(15)23-21(27)22-16-9-17-13-28-18(12-25(17)11-16)10-19(26)24(3)4/h6-8,16-18H,5,9-13H2,1-4H3,(H2,22,23,27)/t16-,17+,18+/m1/s1. The first-order chi connectivity index (χ1) is 13.4. The molecule has 0 aromatic heterocycles. The van der Waals surface area contributed by atoms with Gasteiger partial charge in [-0.2, -0.15) is 0 Å². The first-order valence-electron chi connectivity index (χ1n) is 10.1. The van der Waals surface area contributed by atoms with Crippen LogP contribution in [0.3, 0.4) is 0 Å². The largest absolute Gasteiger partial charge is 0.375 e. The van der Waals surface area contributed by atoms with Crippen molar-refractivity contribution in [1.82, 2.24) is 15.1 Å². The number of rotatable bonds is 5. The molecule has 154 valence electrons. The van der Waals surface area contributed by atoms with E-state index < -0.39 is 0 Å². The summed E-state index contributed by atoms with van der Waals surface area (Å²) >= 11 is 0. The van der Waals surface area contributed by atoms with Crippen LogP contribution in [0.4, 0.5) is 10.5 Å². The molecule has 0 bridgehead atoms. The Kier molecular flexibility index (Phi) is 6.57. The highest BCUT2D eigenvalue weighted by Crippen LogP contribution is 2.25. The highest BCUT2D eigenvalue weighted by atomic mass is 16.5. The molecule has 2 aliphatic rings. The van der Waals surface area contributed by atoms with Crippen molar-refractivity contribution in [2.24, 2.45) is 0 Å². The van der Waals surface area contributed by atoms with Crippen LogP contribution in [0.25, 0.3) is 0 Å². The maximum atomic E-state index is 12.6. The zero-order valence-corrected chi connectivity index (χ0v) is 17.3. The lowest BCUT2D eigenvalue weighted by Gasteiger charge is -2.35. The summed E-state index contributed by atoms with van der Waals surface area (Å²) in [6.45, 7) is 6.24. The number of aryl methyl sites for hydroxylation is 2. The first kappa shape index (κ1) is 20.6. The lowest BCUT2D eigenvalue weighted by molar-refractivity contribution is -0.134. The minimum absolute atomic E-state index is 0.0715. The van der Waals surface area contributed by atoms with Gasteiger partial charge in [0.2, 0.25) is 5.91 Å². The van der Waals surface area contributed by atoms with E-state index in [1.807, 2.05) is 25.1 Å². The van der Waals surface area contributed by atoms with E-state index in [-0.39, 0.29) is 24.1 Å². The summed E-state index contributed by atoms with van der Waals surface area (Å²) in [6, 6.07) is 6.31. The van der Waals surface area contributed by atoms with Gasteiger partial charge in [0.05, 0.1) is 19.1 Å². The minimum atomic E-state index is -0.158. The zero-order valence-electron chi connectivity index (χ0n) is 17.3. The molecule has 7 heteroatoms. The molecule has 0 unspecified atom stereocenters. The quantitative estimate of drug-likeness (QED) is 0.809. The van der Waals surface area contributed by atoms with Crippen molar-refractivity contribution in [3.05, 3.63) is 29.3 Å². The van der Waals surface area contributed by atoms with E-state index in [4.69, 9.17) is 4.74 Å². The Balaban J connectivity index is 1.52. The van der Waals surface area contributed by atoms with Gasteiger partial charge in [-0.05, 0) is 30.9 Å². The predicted molar refractivity (Wildman–Crippen MR) is 110 cm³/mol. The highest BCUT2D eigenvalue weighted by Gasteiger charge is 2.38. The average Bonchev–Trinajstić information content (AvgIpc) is 3.04. The molecule has 0 saturated carbocycles. The fraction of sp³-hybridized carbons (Fsp3) is 0.619. The Morgan fingerprint density at radius 3 is 2.79 bits per heavy atom. The lowest BCUT2D eigenvalue weighted by atomic mass is 10.1. The van der Waals surface area contributed by atoms with Crippen LogP contribution >= 0.6 is 0 Å². The number of urea groups is 1. The second-order valence-electron chi connectivity index (χ2n) is 8.05. The number of nitrogens with one attached hydrogen (secondary N) is 2. The molecule has 2 saturated heterocycles. The number of morpholine rings is 1.